The molecule has 4 rings (SSSR count). The molecular formula is C21H21Cl2N3O3S2. The van der Waals surface area contributed by atoms with E-state index in [9.17, 15) is 13.2 Å². The molecule has 2 heterocycles. The van der Waals surface area contributed by atoms with E-state index in [-0.39, 0.29) is 35.2 Å². The lowest BCUT2D eigenvalue weighted by atomic mass is 10.1. The summed E-state index contributed by atoms with van der Waals surface area (Å²) in [6.07, 6.45) is 0.817. The maximum atomic E-state index is 12.6. The van der Waals surface area contributed by atoms with Crippen LogP contribution in [-0.4, -0.2) is 48.8 Å². The van der Waals surface area contributed by atoms with Gasteiger partial charge in [-0.3, -0.25) is 9.79 Å². The molecule has 0 spiro atoms. The van der Waals surface area contributed by atoms with E-state index in [0.717, 1.165) is 17.7 Å². The maximum absolute atomic E-state index is 12.6. The van der Waals surface area contributed by atoms with Gasteiger partial charge in [-0.1, -0.05) is 60.1 Å². The number of thioether (sulfide) groups is 1. The Labute approximate surface area is 195 Å². The first-order valence-electron chi connectivity index (χ1n) is 9.80. The van der Waals surface area contributed by atoms with Crippen molar-refractivity contribution in [3.05, 3.63) is 58.1 Å². The number of para-hydroxylation sites is 1. The van der Waals surface area contributed by atoms with Gasteiger partial charge in [0.2, 0.25) is 5.91 Å². The molecule has 2 aliphatic rings. The summed E-state index contributed by atoms with van der Waals surface area (Å²) < 4.78 is 24.3. The van der Waals surface area contributed by atoms with Gasteiger partial charge in [-0.25, -0.2) is 8.42 Å². The van der Waals surface area contributed by atoms with Gasteiger partial charge < -0.3 is 10.2 Å². The lowest BCUT2D eigenvalue weighted by Crippen LogP contribution is -2.39. The zero-order chi connectivity index (χ0) is 22.2. The molecule has 2 aromatic carbocycles. The number of sulfone groups is 1. The molecule has 1 amide bonds. The molecular weight excluding hydrogens is 477 g/mol. The molecule has 1 N–H and O–H groups in total. The number of rotatable bonds is 5. The number of hydrogen-bond acceptors (Lipinski definition) is 6. The second-order valence-corrected chi connectivity index (χ2v) is 11.4. The van der Waals surface area contributed by atoms with Crippen LogP contribution < -0.4 is 10.2 Å². The van der Waals surface area contributed by atoms with Crippen LogP contribution in [0.4, 0.5) is 11.4 Å². The summed E-state index contributed by atoms with van der Waals surface area (Å²) >= 11 is 13.6. The van der Waals surface area contributed by atoms with Crippen molar-refractivity contribution in [2.45, 2.75) is 25.4 Å². The third-order valence-corrected chi connectivity index (χ3v) is 8.34. The summed E-state index contributed by atoms with van der Waals surface area (Å²) in [5, 5.41) is 4.45. The smallest absolute Gasteiger partial charge is 0.234 e. The highest BCUT2D eigenvalue weighted by atomic mass is 35.5. The van der Waals surface area contributed by atoms with E-state index in [4.69, 9.17) is 23.2 Å². The molecule has 1 saturated heterocycles. The molecule has 2 atom stereocenters. The molecule has 6 nitrogen and oxygen atoms in total. The van der Waals surface area contributed by atoms with Crippen LogP contribution in [0.5, 0.6) is 0 Å². The van der Waals surface area contributed by atoms with Crippen molar-refractivity contribution in [1.29, 1.82) is 0 Å². The van der Waals surface area contributed by atoms with Crippen molar-refractivity contribution in [1.82, 2.24) is 0 Å². The first-order valence-corrected chi connectivity index (χ1v) is 13.4. The molecule has 1 fully saturated rings. The number of hydrogen-bond donors (Lipinski definition) is 1. The summed E-state index contributed by atoms with van der Waals surface area (Å²) in [7, 11) is -3.17. The number of anilines is 2. The summed E-state index contributed by atoms with van der Waals surface area (Å²) in [4.78, 5) is 19.1. The normalized spacial score (nSPS) is 21.6. The molecule has 31 heavy (non-hydrogen) atoms. The topological polar surface area (TPSA) is 78.8 Å². The third-order valence-electron chi connectivity index (χ3n) is 5.24. The standard InChI is InChI=1S/C21H21Cl2N3O3S2/c1-2-13-5-3-4-6-17(13)24-20(27)10-30-21-25-18-11-31(28,29)12-19(18)26(21)16-8-14(22)7-15(23)9-16/h3-9,18-19H,2,10-12H2,1H3,(H,24,27)/t18-,19+/m1/s1. The van der Waals surface area contributed by atoms with Crippen LogP contribution in [0.2, 0.25) is 10.0 Å². The minimum atomic E-state index is -3.17. The Morgan fingerprint density at radius 2 is 1.90 bits per heavy atom. The van der Waals surface area contributed by atoms with Crippen molar-refractivity contribution in [3.8, 4) is 0 Å². The Hall–Kier alpha value is -1.74. The predicted octanol–water partition coefficient (Wildman–Crippen LogP) is 4.27. The van der Waals surface area contributed by atoms with Gasteiger partial charge in [0.15, 0.2) is 15.0 Å². The fourth-order valence-corrected chi connectivity index (χ4v) is 7.16. The highest BCUT2D eigenvalue weighted by molar-refractivity contribution is 8.14. The van der Waals surface area contributed by atoms with Gasteiger partial charge in [0.25, 0.3) is 0 Å². The van der Waals surface area contributed by atoms with Gasteiger partial charge in [-0.2, -0.15) is 0 Å². The van der Waals surface area contributed by atoms with E-state index in [2.05, 4.69) is 10.3 Å². The minimum Gasteiger partial charge on any atom is -0.325 e. The minimum absolute atomic E-state index is 0.00258. The molecule has 0 aliphatic carbocycles. The van der Waals surface area contributed by atoms with Gasteiger partial charge >= 0.3 is 0 Å². The fraction of sp³-hybridized carbons (Fsp3) is 0.333. The molecule has 0 radical (unpaired) electrons. The second kappa shape index (κ2) is 9.02. The summed E-state index contributed by atoms with van der Waals surface area (Å²) in [6, 6.07) is 12.1. The number of carbonyl (C=O) groups is 1. The number of nitrogens with one attached hydrogen (secondary N) is 1. The number of benzene rings is 2. The summed E-state index contributed by atoms with van der Waals surface area (Å²) in [5.41, 5.74) is 2.53. The first-order chi connectivity index (χ1) is 14.8. The predicted molar refractivity (Wildman–Crippen MR) is 130 cm³/mol. The van der Waals surface area contributed by atoms with E-state index >= 15 is 0 Å². The molecule has 164 valence electrons. The van der Waals surface area contributed by atoms with Crippen LogP contribution in [0.1, 0.15) is 12.5 Å². The van der Waals surface area contributed by atoms with E-state index in [1.165, 1.54) is 11.8 Å². The molecule has 0 unspecified atom stereocenters. The number of fused-ring (bicyclic) bond motifs is 1. The van der Waals surface area contributed by atoms with Gasteiger partial charge in [-0.15, -0.1) is 0 Å². The zero-order valence-corrected chi connectivity index (χ0v) is 19.9. The summed E-state index contributed by atoms with van der Waals surface area (Å²) in [6.45, 7) is 2.04. The molecule has 0 aromatic heterocycles. The van der Waals surface area contributed by atoms with Gasteiger partial charge in [0.05, 0.1) is 29.3 Å². The monoisotopic (exact) mass is 497 g/mol. The maximum Gasteiger partial charge on any atom is 0.234 e. The molecule has 0 saturated carbocycles. The molecule has 2 aromatic rings. The van der Waals surface area contributed by atoms with E-state index in [0.29, 0.717) is 20.9 Å². The van der Waals surface area contributed by atoms with Gasteiger partial charge in [0, 0.05) is 21.4 Å². The van der Waals surface area contributed by atoms with Crippen molar-refractivity contribution in [2.24, 2.45) is 4.99 Å². The molecule has 0 bridgehead atoms. The van der Waals surface area contributed by atoms with Gasteiger partial charge in [-0.05, 0) is 36.2 Å². The number of carbonyl (C=O) groups excluding carboxylic acids is 1. The largest absolute Gasteiger partial charge is 0.325 e. The highest BCUT2D eigenvalue weighted by Crippen LogP contribution is 2.37. The van der Waals surface area contributed by atoms with Crippen molar-refractivity contribution in [3.63, 3.8) is 0 Å². The molecule has 2 aliphatic heterocycles. The number of aliphatic imine (C=N–C) groups is 1. The van der Waals surface area contributed by atoms with E-state index in [1.807, 2.05) is 36.1 Å². The average Bonchev–Trinajstić information content (AvgIpc) is 3.17. The number of nitrogens with zero attached hydrogens (tertiary/aromatic N) is 2. The average molecular weight is 498 g/mol. The summed E-state index contributed by atoms with van der Waals surface area (Å²) in [5.74, 6) is 0.00406. The van der Waals surface area contributed by atoms with Crippen LogP contribution in [-0.2, 0) is 21.1 Å². The van der Waals surface area contributed by atoms with Crippen molar-refractivity contribution in [2.75, 3.05) is 27.5 Å². The Balaban J connectivity index is 1.53. The SMILES string of the molecule is CCc1ccccc1NC(=O)CSC1=N[C@@H]2CS(=O)(=O)C[C@@H]2N1c1cc(Cl)cc(Cl)c1. The number of amidine groups is 1. The first kappa shape index (κ1) is 22.5. The quantitative estimate of drug-likeness (QED) is 0.666. The van der Waals surface area contributed by atoms with Crippen LogP contribution in [0, 0.1) is 0 Å². The van der Waals surface area contributed by atoms with Crippen LogP contribution >= 0.6 is 35.0 Å². The fourth-order valence-electron chi connectivity index (χ4n) is 3.88. The van der Waals surface area contributed by atoms with Crippen LogP contribution in [0.3, 0.4) is 0 Å². The Morgan fingerprint density at radius 3 is 2.61 bits per heavy atom. The Bertz CT molecular complexity index is 1130. The lowest BCUT2D eigenvalue weighted by Gasteiger charge is -2.26. The lowest BCUT2D eigenvalue weighted by molar-refractivity contribution is -0.113. The Kier molecular flexibility index (Phi) is 6.53. The van der Waals surface area contributed by atoms with Gasteiger partial charge in [0.1, 0.15) is 0 Å². The Morgan fingerprint density at radius 1 is 1.19 bits per heavy atom. The molecule has 10 heteroatoms. The number of halogens is 2. The van der Waals surface area contributed by atoms with Crippen LogP contribution in [0.25, 0.3) is 0 Å². The second-order valence-electron chi connectivity index (χ2n) is 7.47. The number of amides is 1. The number of aryl methyl sites for hydroxylation is 1. The van der Waals surface area contributed by atoms with E-state index in [1.54, 1.807) is 18.2 Å². The zero-order valence-electron chi connectivity index (χ0n) is 16.7. The van der Waals surface area contributed by atoms with Crippen molar-refractivity contribution >= 4 is 67.3 Å². The van der Waals surface area contributed by atoms with Crippen molar-refractivity contribution < 1.29 is 13.2 Å². The highest BCUT2D eigenvalue weighted by Gasteiger charge is 2.47. The van der Waals surface area contributed by atoms with Crippen LogP contribution in [0.15, 0.2) is 47.5 Å². The van der Waals surface area contributed by atoms with E-state index < -0.39 is 9.84 Å². The third kappa shape index (κ3) is 5.03.